The standard InChI is InChI=1S/C17H24N4OS.ClH/c1-3-8-17(2,18)16(22)20-9-4-5-15-21-14(12-23-15)13-6-10-19-11-7-13;/h6-7,10-12H,3-5,8-9,18H2,1-2H3,(H,20,22);1H. The number of amides is 1. The number of thiazole rings is 1. The summed E-state index contributed by atoms with van der Waals surface area (Å²) in [5, 5.41) is 6.06. The van der Waals surface area contributed by atoms with Crippen molar-refractivity contribution in [1.29, 1.82) is 0 Å². The highest BCUT2D eigenvalue weighted by Crippen LogP contribution is 2.21. The van der Waals surface area contributed by atoms with Crippen LogP contribution in [0.15, 0.2) is 29.9 Å². The Balaban J connectivity index is 0.00000288. The second-order valence-electron chi connectivity index (χ2n) is 5.89. The minimum Gasteiger partial charge on any atom is -0.355 e. The lowest BCUT2D eigenvalue weighted by Crippen LogP contribution is -2.51. The van der Waals surface area contributed by atoms with Gasteiger partial charge in [0.2, 0.25) is 5.91 Å². The first-order valence-corrected chi connectivity index (χ1v) is 8.83. The quantitative estimate of drug-likeness (QED) is 0.701. The lowest BCUT2D eigenvalue weighted by molar-refractivity contribution is -0.126. The summed E-state index contributed by atoms with van der Waals surface area (Å²) in [5.41, 5.74) is 7.29. The van der Waals surface area contributed by atoms with Gasteiger partial charge in [-0.1, -0.05) is 13.3 Å². The van der Waals surface area contributed by atoms with E-state index in [9.17, 15) is 4.79 Å². The number of halogens is 1. The van der Waals surface area contributed by atoms with Crippen molar-refractivity contribution in [3.05, 3.63) is 34.9 Å². The zero-order chi connectivity index (χ0) is 16.7. The van der Waals surface area contributed by atoms with Crippen molar-refractivity contribution < 1.29 is 4.79 Å². The second-order valence-corrected chi connectivity index (χ2v) is 6.83. The predicted octanol–water partition coefficient (Wildman–Crippen LogP) is 3.19. The van der Waals surface area contributed by atoms with E-state index in [0.717, 1.165) is 35.5 Å². The number of hydrogen-bond acceptors (Lipinski definition) is 5. The number of rotatable bonds is 8. The first kappa shape index (κ1) is 20.5. The second kappa shape index (κ2) is 9.71. The topological polar surface area (TPSA) is 80.9 Å². The van der Waals surface area contributed by atoms with Crippen LogP contribution in [0.5, 0.6) is 0 Å². The van der Waals surface area contributed by atoms with Crippen molar-refractivity contribution in [1.82, 2.24) is 15.3 Å². The number of aryl methyl sites for hydroxylation is 1. The molecule has 1 unspecified atom stereocenters. The highest BCUT2D eigenvalue weighted by molar-refractivity contribution is 7.09. The molecule has 5 nitrogen and oxygen atoms in total. The van der Waals surface area contributed by atoms with Crippen LogP contribution >= 0.6 is 23.7 Å². The summed E-state index contributed by atoms with van der Waals surface area (Å²) < 4.78 is 0. The monoisotopic (exact) mass is 368 g/mol. The van der Waals surface area contributed by atoms with E-state index in [0.29, 0.717) is 13.0 Å². The first-order valence-electron chi connectivity index (χ1n) is 7.95. The molecule has 0 radical (unpaired) electrons. The fraction of sp³-hybridized carbons (Fsp3) is 0.471. The van der Waals surface area contributed by atoms with Crippen LogP contribution in [0.2, 0.25) is 0 Å². The van der Waals surface area contributed by atoms with E-state index in [2.05, 4.69) is 20.7 Å². The molecule has 1 amide bonds. The maximum Gasteiger partial charge on any atom is 0.239 e. The molecule has 0 spiro atoms. The number of carbonyl (C=O) groups excluding carboxylic acids is 1. The van der Waals surface area contributed by atoms with E-state index in [1.165, 1.54) is 0 Å². The van der Waals surface area contributed by atoms with Crippen LogP contribution in [-0.2, 0) is 11.2 Å². The highest BCUT2D eigenvalue weighted by Gasteiger charge is 2.26. The van der Waals surface area contributed by atoms with Gasteiger partial charge < -0.3 is 11.1 Å². The van der Waals surface area contributed by atoms with Gasteiger partial charge in [-0.25, -0.2) is 4.98 Å². The van der Waals surface area contributed by atoms with Crippen LogP contribution in [0.3, 0.4) is 0 Å². The summed E-state index contributed by atoms with van der Waals surface area (Å²) >= 11 is 1.65. The van der Waals surface area contributed by atoms with Gasteiger partial charge in [0.1, 0.15) is 0 Å². The highest BCUT2D eigenvalue weighted by atomic mass is 35.5. The Labute approximate surface area is 153 Å². The zero-order valence-corrected chi connectivity index (χ0v) is 15.8. The average molecular weight is 369 g/mol. The van der Waals surface area contributed by atoms with Gasteiger partial charge >= 0.3 is 0 Å². The van der Waals surface area contributed by atoms with Crippen LogP contribution in [0.1, 0.15) is 38.1 Å². The van der Waals surface area contributed by atoms with Crippen molar-refractivity contribution in [2.75, 3.05) is 6.54 Å². The minimum atomic E-state index is -0.773. The lowest BCUT2D eigenvalue weighted by Gasteiger charge is -2.22. The number of pyridine rings is 1. The Kier molecular flexibility index (Phi) is 8.31. The van der Waals surface area contributed by atoms with E-state index in [1.807, 2.05) is 19.1 Å². The van der Waals surface area contributed by atoms with Gasteiger partial charge in [-0.2, -0.15) is 0 Å². The molecule has 0 aliphatic heterocycles. The average Bonchev–Trinajstić information content (AvgIpc) is 3.01. The summed E-state index contributed by atoms with van der Waals surface area (Å²) in [4.78, 5) is 20.6. The first-order chi connectivity index (χ1) is 11.0. The molecule has 0 saturated carbocycles. The molecule has 0 saturated heterocycles. The van der Waals surface area contributed by atoms with E-state index in [4.69, 9.17) is 5.73 Å². The molecule has 7 heteroatoms. The van der Waals surface area contributed by atoms with Crippen molar-refractivity contribution >= 4 is 29.7 Å². The summed E-state index contributed by atoms with van der Waals surface area (Å²) in [6.07, 6.45) is 6.84. The third-order valence-electron chi connectivity index (χ3n) is 3.67. The Morgan fingerprint density at radius 1 is 1.38 bits per heavy atom. The molecule has 2 aromatic heterocycles. The SMILES string of the molecule is CCCC(C)(N)C(=O)NCCCc1nc(-c2ccncc2)cs1.Cl. The molecule has 24 heavy (non-hydrogen) atoms. The largest absolute Gasteiger partial charge is 0.355 e. The Morgan fingerprint density at radius 2 is 2.08 bits per heavy atom. The molecule has 132 valence electrons. The molecule has 0 aliphatic carbocycles. The van der Waals surface area contributed by atoms with E-state index >= 15 is 0 Å². The maximum absolute atomic E-state index is 12.0. The van der Waals surface area contributed by atoms with Crippen LogP contribution in [0.25, 0.3) is 11.3 Å². The molecule has 2 heterocycles. The number of carbonyl (C=O) groups is 1. The molecule has 1 atom stereocenters. The third kappa shape index (κ3) is 5.85. The fourth-order valence-corrected chi connectivity index (χ4v) is 3.21. The van der Waals surface area contributed by atoms with Crippen molar-refractivity contribution in [3.8, 4) is 11.3 Å². The molecule has 3 N–H and O–H groups in total. The number of nitrogens with two attached hydrogens (primary N) is 1. The molecular weight excluding hydrogens is 344 g/mol. The van der Waals surface area contributed by atoms with E-state index in [-0.39, 0.29) is 18.3 Å². The van der Waals surface area contributed by atoms with Gasteiger partial charge in [0.05, 0.1) is 16.2 Å². The number of aromatic nitrogens is 2. The smallest absolute Gasteiger partial charge is 0.239 e. The van der Waals surface area contributed by atoms with E-state index < -0.39 is 5.54 Å². The van der Waals surface area contributed by atoms with Gasteiger partial charge in [-0.3, -0.25) is 9.78 Å². The van der Waals surface area contributed by atoms with Gasteiger partial charge in [-0.15, -0.1) is 23.7 Å². The molecule has 2 aromatic rings. The fourth-order valence-electron chi connectivity index (χ4n) is 2.36. The zero-order valence-electron chi connectivity index (χ0n) is 14.1. The summed E-state index contributed by atoms with van der Waals surface area (Å²) in [6, 6.07) is 3.91. The van der Waals surface area contributed by atoms with Crippen molar-refractivity contribution in [2.45, 2.75) is 45.1 Å². The molecule has 2 rings (SSSR count). The van der Waals surface area contributed by atoms with Crippen LogP contribution in [0, 0.1) is 0 Å². The Bertz CT molecular complexity index is 631. The van der Waals surface area contributed by atoms with Crippen LogP contribution in [-0.4, -0.2) is 28.0 Å². The minimum absolute atomic E-state index is 0. The van der Waals surface area contributed by atoms with Crippen LogP contribution in [0.4, 0.5) is 0 Å². The van der Waals surface area contributed by atoms with E-state index in [1.54, 1.807) is 30.7 Å². The summed E-state index contributed by atoms with van der Waals surface area (Å²) in [5.74, 6) is -0.0732. The van der Waals surface area contributed by atoms with Gasteiger partial charge in [-0.05, 0) is 31.9 Å². The number of hydrogen-bond donors (Lipinski definition) is 2. The third-order valence-corrected chi connectivity index (χ3v) is 4.58. The van der Waals surface area contributed by atoms with Gasteiger partial charge in [0.15, 0.2) is 0 Å². The Hall–Kier alpha value is -1.50. The van der Waals surface area contributed by atoms with Crippen molar-refractivity contribution in [2.24, 2.45) is 5.73 Å². The lowest BCUT2D eigenvalue weighted by atomic mass is 9.96. The predicted molar refractivity (Wildman–Crippen MR) is 101 cm³/mol. The van der Waals surface area contributed by atoms with Crippen molar-refractivity contribution in [3.63, 3.8) is 0 Å². The maximum atomic E-state index is 12.0. The van der Waals surface area contributed by atoms with Gasteiger partial charge in [0, 0.05) is 36.3 Å². The molecule has 0 aromatic carbocycles. The normalized spacial score (nSPS) is 13.0. The molecule has 0 aliphatic rings. The Morgan fingerprint density at radius 3 is 2.75 bits per heavy atom. The van der Waals surface area contributed by atoms with Crippen LogP contribution < -0.4 is 11.1 Å². The molecule has 0 bridgehead atoms. The summed E-state index contributed by atoms with van der Waals surface area (Å²) in [6.45, 7) is 4.44. The number of nitrogens with zero attached hydrogens (tertiary/aromatic N) is 2. The molecule has 0 fully saturated rings. The van der Waals surface area contributed by atoms with Gasteiger partial charge in [0.25, 0.3) is 0 Å². The molecular formula is C17H25ClN4OS. The number of nitrogens with one attached hydrogen (secondary N) is 1. The summed E-state index contributed by atoms with van der Waals surface area (Å²) in [7, 11) is 0.